The second-order valence-corrected chi connectivity index (χ2v) is 6.63. The Hall–Kier alpha value is -0.440. The third-order valence-electron chi connectivity index (χ3n) is 4.41. The Balaban J connectivity index is 1.86. The van der Waals surface area contributed by atoms with Gasteiger partial charge < -0.3 is 10.2 Å². The van der Waals surface area contributed by atoms with E-state index in [0.29, 0.717) is 10.6 Å². The van der Waals surface area contributed by atoms with Crippen molar-refractivity contribution in [3.63, 3.8) is 0 Å². The summed E-state index contributed by atoms with van der Waals surface area (Å²) >= 11 is 12.4. The SMILES string of the molecule is Clc1ccc(N2CCCNC3(CCCC3)C2)c(Cl)c1. The zero-order valence-electron chi connectivity index (χ0n) is 11.1. The van der Waals surface area contributed by atoms with Gasteiger partial charge in [0.25, 0.3) is 0 Å². The highest BCUT2D eigenvalue weighted by molar-refractivity contribution is 6.36. The Morgan fingerprint density at radius 1 is 1.11 bits per heavy atom. The third kappa shape index (κ3) is 2.86. The molecular weight excluding hydrogens is 279 g/mol. The van der Waals surface area contributed by atoms with Crippen molar-refractivity contribution in [3.8, 4) is 0 Å². The van der Waals surface area contributed by atoms with Crippen LogP contribution in [0.3, 0.4) is 0 Å². The van der Waals surface area contributed by atoms with Gasteiger partial charge in [0.2, 0.25) is 0 Å². The normalized spacial score (nSPS) is 22.7. The molecule has 1 aliphatic carbocycles. The molecule has 4 heteroatoms. The van der Waals surface area contributed by atoms with Crippen LogP contribution in [0.1, 0.15) is 32.1 Å². The predicted molar refractivity (Wildman–Crippen MR) is 82.5 cm³/mol. The first-order chi connectivity index (χ1) is 9.19. The first-order valence-corrected chi connectivity index (χ1v) is 7.89. The van der Waals surface area contributed by atoms with Crippen molar-refractivity contribution in [2.75, 3.05) is 24.5 Å². The molecule has 0 bridgehead atoms. The molecule has 0 unspecified atom stereocenters. The molecule has 19 heavy (non-hydrogen) atoms. The highest BCUT2D eigenvalue weighted by Gasteiger charge is 2.36. The van der Waals surface area contributed by atoms with Gasteiger partial charge >= 0.3 is 0 Å². The summed E-state index contributed by atoms with van der Waals surface area (Å²) in [5, 5.41) is 5.25. The van der Waals surface area contributed by atoms with Crippen molar-refractivity contribution >= 4 is 28.9 Å². The van der Waals surface area contributed by atoms with E-state index in [1.165, 1.54) is 32.1 Å². The first kappa shape index (κ1) is 13.5. The molecule has 1 aromatic carbocycles. The lowest BCUT2D eigenvalue weighted by Crippen LogP contribution is -2.49. The van der Waals surface area contributed by atoms with E-state index in [4.69, 9.17) is 23.2 Å². The Morgan fingerprint density at radius 3 is 2.63 bits per heavy atom. The van der Waals surface area contributed by atoms with E-state index in [2.05, 4.69) is 16.3 Å². The van der Waals surface area contributed by atoms with Crippen LogP contribution in [0.4, 0.5) is 5.69 Å². The molecule has 1 heterocycles. The van der Waals surface area contributed by atoms with E-state index in [1.54, 1.807) is 0 Å². The molecule has 2 aliphatic rings. The van der Waals surface area contributed by atoms with Crippen molar-refractivity contribution in [2.45, 2.75) is 37.6 Å². The number of nitrogens with one attached hydrogen (secondary N) is 1. The molecule has 3 rings (SSSR count). The van der Waals surface area contributed by atoms with E-state index in [1.807, 2.05) is 12.1 Å². The minimum atomic E-state index is 0.305. The van der Waals surface area contributed by atoms with E-state index < -0.39 is 0 Å². The molecule has 1 aromatic rings. The maximum absolute atomic E-state index is 6.36. The van der Waals surface area contributed by atoms with E-state index in [-0.39, 0.29) is 0 Å². The van der Waals surface area contributed by atoms with E-state index in [9.17, 15) is 0 Å². The summed E-state index contributed by atoms with van der Waals surface area (Å²) in [6.45, 7) is 3.24. The summed E-state index contributed by atoms with van der Waals surface area (Å²) in [6.07, 6.45) is 6.43. The van der Waals surface area contributed by atoms with Crippen LogP contribution in [0.5, 0.6) is 0 Å². The monoisotopic (exact) mass is 298 g/mol. The number of halogens is 2. The number of hydrogen-bond donors (Lipinski definition) is 1. The topological polar surface area (TPSA) is 15.3 Å². The molecule has 1 N–H and O–H groups in total. The van der Waals surface area contributed by atoms with Crippen LogP contribution < -0.4 is 10.2 Å². The van der Waals surface area contributed by atoms with Gasteiger partial charge in [0.1, 0.15) is 0 Å². The van der Waals surface area contributed by atoms with Gasteiger partial charge in [-0.05, 0) is 44.0 Å². The smallest absolute Gasteiger partial charge is 0.0654 e. The third-order valence-corrected chi connectivity index (χ3v) is 4.95. The van der Waals surface area contributed by atoms with Gasteiger partial charge in [-0.15, -0.1) is 0 Å². The van der Waals surface area contributed by atoms with Crippen LogP contribution >= 0.6 is 23.2 Å². The van der Waals surface area contributed by atoms with Crippen LogP contribution in [-0.2, 0) is 0 Å². The molecule has 1 saturated carbocycles. The van der Waals surface area contributed by atoms with Gasteiger partial charge in [0, 0.05) is 23.7 Å². The predicted octanol–water partition coefficient (Wildman–Crippen LogP) is 4.11. The van der Waals surface area contributed by atoms with Gasteiger partial charge in [0.05, 0.1) is 10.7 Å². The molecule has 104 valence electrons. The van der Waals surface area contributed by atoms with Gasteiger partial charge in [0.15, 0.2) is 0 Å². The number of hydrogen-bond acceptors (Lipinski definition) is 2. The fourth-order valence-electron chi connectivity index (χ4n) is 3.45. The standard InChI is InChI=1S/C15H20Cl2N2/c16-12-4-5-14(13(17)10-12)19-9-3-8-18-15(11-19)6-1-2-7-15/h4-5,10,18H,1-3,6-9,11H2. The Labute approximate surface area is 125 Å². The van der Waals surface area contributed by atoms with Gasteiger partial charge in [-0.25, -0.2) is 0 Å². The Bertz CT molecular complexity index is 455. The molecular formula is C15H20Cl2N2. The molecule has 0 amide bonds. The first-order valence-electron chi connectivity index (χ1n) is 7.14. The lowest BCUT2D eigenvalue weighted by molar-refractivity contribution is 0.354. The van der Waals surface area contributed by atoms with Crippen molar-refractivity contribution < 1.29 is 0 Å². The number of rotatable bonds is 1. The number of benzene rings is 1. The molecule has 0 radical (unpaired) electrons. The average Bonchev–Trinajstić information content (AvgIpc) is 2.71. The Kier molecular flexibility index (Phi) is 3.93. The van der Waals surface area contributed by atoms with Crippen LogP contribution in [0.15, 0.2) is 18.2 Å². The van der Waals surface area contributed by atoms with Crippen LogP contribution in [0, 0.1) is 0 Å². The second-order valence-electron chi connectivity index (χ2n) is 5.79. The van der Waals surface area contributed by atoms with Crippen molar-refractivity contribution in [1.29, 1.82) is 0 Å². The molecule has 1 saturated heterocycles. The van der Waals surface area contributed by atoms with Crippen LogP contribution in [-0.4, -0.2) is 25.2 Å². The summed E-state index contributed by atoms with van der Waals surface area (Å²) in [4.78, 5) is 2.43. The summed E-state index contributed by atoms with van der Waals surface area (Å²) in [6, 6.07) is 5.83. The quantitative estimate of drug-likeness (QED) is 0.839. The molecule has 0 aromatic heterocycles. The van der Waals surface area contributed by atoms with Crippen molar-refractivity contribution in [2.24, 2.45) is 0 Å². The van der Waals surface area contributed by atoms with Crippen LogP contribution in [0.2, 0.25) is 10.0 Å². The van der Waals surface area contributed by atoms with Crippen molar-refractivity contribution in [1.82, 2.24) is 5.32 Å². The van der Waals surface area contributed by atoms with Gasteiger partial charge in [-0.2, -0.15) is 0 Å². The summed E-state index contributed by atoms with van der Waals surface area (Å²) in [5.41, 5.74) is 1.43. The lowest BCUT2D eigenvalue weighted by atomic mass is 9.97. The lowest BCUT2D eigenvalue weighted by Gasteiger charge is -2.34. The molecule has 1 spiro atoms. The second kappa shape index (κ2) is 5.51. The van der Waals surface area contributed by atoms with E-state index >= 15 is 0 Å². The molecule has 2 nitrogen and oxygen atoms in total. The minimum absolute atomic E-state index is 0.305. The maximum atomic E-state index is 6.36. The fraction of sp³-hybridized carbons (Fsp3) is 0.600. The van der Waals surface area contributed by atoms with Crippen molar-refractivity contribution in [3.05, 3.63) is 28.2 Å². The molecule has 0 atom stereocenters. The highest BCUT2D eigenvalue weighted by atomic mass is 35.5. The summed E-state index contributed by atoms with van der Waals surface area (Å²) in [7, 11) is 0. The molecule has 1 aliphatic heterocycles. The average molecular weight is 299 g/mol. The maximum Gasteiger partial charge on any atom is 0.0654 e. The Morgan fingerprint density at radius 2 is 1.89 bits per heavy atom. The number of nitrogens with zero attached hydrogens (tertiary/aromatic N) is 1. The zero-order valence-corrected chi connectivity index (χ0v) is 12.6. The van der Waals surface area contributed by atoms with E-state index in [0.717, 1.165) is 30.3 Å². The molecule has 2 fully saturated rings. The van der Waals surface area contributed by atoms with Crippen LogP contribution in [0.25, 0.3) is 0 Å². The van der Waals surface area contributed by atoms with Gasteiger partial charge in [-0.3, -0.25) is 0 Å². The van der Waals surface area contributed by atoms with Gasteiger partial charge in [-0.1, -0.05) is 36.0 Å². The minimum Gasteiger partial charge on any atom is -0.368 e. The summed E-state index contributed by atoms with van der Waals surface area (Å²) in [5.74, 6) is 0. The fourth-order valence-corrected chi connectivity index (χ4v) is 3.98. The highest BCUT2D eigenvalue weighted by Crippen LogP contribution is 2.35. The zero-order chi connectivity index (χ0) is 13.3. The largest absolute Gasteiger partial charge is 0.368 e. The number of anilines is 1. The summed E-state index contributed by atoms with van der Waals surface area (Å²) < 4.78 is 0.